The lowest BCUT2D eigenvalue weighted by Gasteiger charge is -2.16. The van der Waals surface area contributed by atoms with Crippen molar-refractivity contribution >= 4 is 43.9 Å². The average molecular weight is 442 g/mol. The topological polar surface area (TPSA) is 99.0 Å². The molecule has 1 amide bonds. The molecule has 0 aliphatic heterocycles. The highest BCUT2D eigenvalue weighted by Crippen LogP contribution is 2.31. The minimum Gasteiger partial charge on any atom is -0.377 e. The van der Waals surface area contributed by atoms with Gasteiger partial charge < -0.3 is 4.74 Å². The molecule has 3 aromatic heterocycles. The first-order valence-corrected chi connectivity index (χ1v) is 10.9. The van der Waals surface area contributed by atoms with Gasteiger partial charge >= 0.3 is 0 Å². The second kappa shape index (κ2) is 8.82. The van der Waals surface area contributed by atoms with E-state index in [1.165, 1.54) is 33.6 Å². The predicted octanol–water partition coefficient (Wildman–Crippen LogP) is 3.71. The Morgan fingerprint density at radius 1 is 1.23 bits per heavy atom. The maximum atomic E-state index is 13.1. The highest BCUT2D eigenvalue weighted by Gasteiger charge is 2.23. The van der Waals surface area contributed by atoms with Gasteiger partial charge in [-0.15, -0.1) is 21.5 Å². The van der Waals surface area contributed by atoms with Crippen molar-refractivity contribution in [2.45, 2.75) is 26.0 Å². The van der Waals surface area contributed by atoms with Crippen LogP contribution in [-0.4, -0.2) is 32.8 Å². The molecule has 4 rings (SSSR count). The standard InChI is InChI=1S/C20H19N5O3S2/c1-3-14(17(26)22-20-24-23-16(30-20)10-28-2)25-11-21-18-13(19(25)27)9-15(29-18)12-7-5-4-6-8-12/h4-9,11,14H,3,10H2,1-2H3,(H,22,24,26). The van der Waals surface area contributed by atoms with Gasteiger partial charge in [-0.25, -0.2) is 4.98 Å². The van der Waals surface area contributed by atoms with Gasteiger partial charge in [0.05, 0.1) is 11.7 Å². The fourth-order valence-corrected chi connectivity index (χ4v) is 4.80. The van der Waals surface area contributed by atoms with Crippen LogP contribution in [0, 0.1) is 0 Å². The molecule has 0 spiro atoms. The highest BCUT2D eigenvalue weighted by molar-refractivity contribution is 7.21. The zero-order chi connectivity index (χ0) is 21.1. The number of methoxy groups -OCH3 is 1. The van der Waals surface area contributed by atoms with Gasteiger partial charge in [-0.05, 0) is 18.1 Å². The summed E-state index contributed by atoms with van der Waals surface area (Å²) in [4.78, 5) is 32.0. The Balaban J connectivity index is 1.63. The van der Waals surface area contributed by atoms with Crippen LogP contribution in [-0.2, 0) is 16.1 Å². The zero-order valence-electron chi connectivity index (χ0n) is 16.4. The number of ether oxygens (including phenoxy) is 1. The molecule has 0 aliphatic carbocycles. The molecule has 8 nitrogen and oxygen atoms in total. The Morgan fingerprint density at radius 3 is 2.77 bits per heavy atom. The Morgan fingerprint density at radius 2 is 2.03 bits per heavy atom. The lowest BCUT2D eigenvalue weighted by Crippen LogP contribution is -2.33. The molecule has 3 heterocycles. The Hall–Kier alpha value is -2.95. The Bertz CT molecular complexity index is 1230. The van der Waals surface area contributed by atoms with Crippen molar-refractivity contribution in [3.05, 3.63) is 58.1 Å². The van der Waals surface area contributed by atoms with Crippen molar-refractivity contribution < 1.29 is 9.53 Å². The van der Waals surface area contributed by atoms with Gasteiger partial charge in [0.1, 0.15) is 22.5 Å². The van der Waals surface area contributed by atoms with Crippen LogP contribution in [0.15, 0.2) is 47.5 Å². The van der Waals surface area contributed by atoms with Crippen LogP contribution in [0.5, 0.6) is 0 Å². The van der Waals surface area contributed by atoms with E-state index in [0.717, 1.165) is 10.4 Å². The van der Waals surface area contributed by atoms with E-state index in [4.69, 9.17) is 4.74 Å². The molecule has 1 aromatic carbocycles. The second-order valence-electron chi connectivity index (χ2n) is 6.50. The molecule has 0 saturated carbocycles. The van der Waals surface area contributed by atoms with Crippen molar-refractivity contribution in [2.24, 2.45) is 0 Å². The number of anilines is 1. The number of nitrogens with zero attached hydrogens (tertiary/aromatic N) is 4. The maximum Gasteiger partial charge on any atom is 0.262 e. The summed E-state index contributed by atoms with van der Waals surface area (Å²) in [5.41, 5.74) is 0.789. The van der Waals surface area contributed by atoms with E-state index in [-0.39, 0.29) is 11.5 Å². The summed E-state index contributed by atoms with van der Waals surface area (Å²) in [7, 11) is 1.57. The molecular formula is C20H19N5O3S2. The van der Waals surface area contributed by atoms with E-state index in [1.807, 2.05) is 43.3 Å². The molecule has 1 unspecified atom stereocenters. The van der Waals surface area contributed by atoms with Crippen LogP contribution in [0.2, 0.25) is 0 Å². The minimum atomic E-state index is -0.704. The number of thiophene rings is 1. The zero-order valence-corrected chi connectivity index (χ0v) is 18.0. The van der Waals surface area contributed by atoms with Crippen molar-refractivity contribution in [3.8, 4) is 10.4 Å². The number of carbonyl (C=O) groups is 1. The van der Waals surface area contributed by atoms with Crippen LogP contribution in [0.4, 0.5) is 5.13 Å². The fourth-order valence-electron chi connectivity index (χ4n) is 3.09. The van der Waals surface area contributed by atoms with Crippen LogP contribution in [0.3, 0.4) is 0 Å². The van der Waals surface area contributed by atoms with E-state index in [0.29, 0.717) is 33.4 Å². The van der Waals surface area contributed by atoms with Gasteiger partial charge in [-0.3, -0.25) is 19.5 Å². The Kier molecular flexibility index (Phi) is 5.98. The molecule has 0 bridgehead atoms. The summed E-state index contributed by atoms with van der Waals surface area (Å²) in [6.07, 6.45) is 1.87. The van der Waals surface area contributed by atoms with Crippen LogP contribution >= 0.6 is 22.7 Å². The van der Waals surface area contributed by atoms with Gasteiger partial charge in [0, 0.05) is 12.0 Å². The number of hydrogen-bond donors (Lipinski definition) is 1. The molecule has 0 saturated heterocycles. The molecule has 4 aromatic rings. The SMILES string of the molecule is CCC(C(=O)Nc1nnc(COC)s1)n1cnc2sc(-c3ccccc3)cc2c1=O. The van der Waals surface area contributed by atoms with Gasteiger partial charge in [0.15, 0.2) is 0 Å². The summed E-state index contributed by atoms with van der Waals surface area (Å²) >= 11 is 2.69. The number of rotatable bonds is 7. The summed E-state index contributed by atoms with van der Waals surface area (Å²) in [6, 6.07) is 11.0. The molecule has 1 atom stereocenters. The first-order chi connectivity index (χ1) is 14.6. The molecule has 0 radical (unpaired) electrons. The first-order valence-electron chi connectivity index (χ1n) is 9.29. The van der Waals surface area contributed by atoms with Gasteiger partial charge in [-0.2, -0.15) is 0 Å². The smallest absolute Gasteiger partial charge is 0.262 e. The quantitative estimate of drug-likeness (QED) is 0.469. The normalized spacial score (nSPS) is 12.2. The van der Waals surface area contributed by atoms with Crippen LogP contribution in [0.25, 0.3) is 20.7 Å². The van der Waals surface area contributed by atoms with Crippen molar-refractivity contribution in [1.82, 2.24) is 19.7 Å². The highest BCUT2D eigenvalue weighted by atomic mass is 32.1. The largest absolute Gasteiger partial charge is 0.377 e. The number of amides is 1. The van der Waals surface area contributed by atoms with Crippen molar-refractivity contribution in [2.75, 3.05) is 12.4 Å². The number of carbonyl (C=O) groups excluding carboxylic acids is 1. The predicted molar refractivity (Wildman–Crippen MR) is 118 cm³/mol. The molecule has 10 heteroatoms. The third-order valence-corrected chi connectivity index (χ3v) is 6.43. The van der Waals surface area contributed by atoms with Crippen LogP contribution in [0.1, 0.15) is 24.4 Å². The minimum absolute atomic E-state index is 0.238. The first kappa shape index (κ1) is 20.3. The van der Waals surface area contributed by atoms with Crippen molar-refractivity contribution in [3.63, 3.8) is 0 Å². The molecule has 1 N–H and O–H groups in total. The van der Waals surface area contributed by atoms with E-state index in [1.54, 1.807) is 7.11 Å². The summed E-state index contributed by atoms with van der Waals surface area (Å²) in [5.74, 6) is -0.334. The van der Waals surface area contributed by atoms with E-state index < -0.39 is 6.04 Å². The number of aromatic nitrogens is 4. The molecule has 0 fully saturated rings. The van der Waals surface area contributed by atoms with Crippen molar-refractivity contribution in [1.29, 1.82) is 0 Å². The lowest BCUT2D eigenvalue weighted by molar-refractivity contribution is -0.119. The van der Waals surface area contributed by atoms with E-state index in [2.05, 4.69) is 20.5 Å². The van der Waals surface area contributed by atoms with E-state index in [9.17, 15) is 9.59 Å². The van der Waals surface area contributed by atoms with E-state index >= 15 is 0 Å². The lowest BCUT2D eigenvalue weighted by atomic mass is 10.2. The van der Waals surface area contributed by atoms with Gasteiger partial charge in [0.2, 0.25) is 11.0 Å². The molecule has 154 valence electrons. The number of fused-ring (bicyclic) bond motifs is 1. The van der Waals surface area contributed by atoms with Gasteiger partial charge in [0.25, 0.3) is 5.56 Å². The monoisotopic (exact) mass is 441 g/mol. The molecule has 30 heavy (non-hydrogen) atoms. The number of hydrogen-bond acceptors (Lipinski definition) is 8. The summed E-state index contributed by atoms with van der Waals surface area (Å²) < 4.78 is 6.40. The maximum absolute atomic E-state index is 13.1. The summed E-state index contributed by atoms with van der Waals surface area (Å²) in [6.45, 7) is 2.17. The third kappa shape index (κ3) is 4.02. The van der Waals surface area contributed by atoms with Gasteiger partial charge in [-0.1, -0.05) is 48.6 Å². The second-order valence-corrected chi connectivity index (χ2v) is 8.59. The number of nitrogens with one attached hydrogen (secondary N) is 1. The summed E-state index contributed by atoms with van der Waals surface area (Å²) in [5, 5.41) is 12.2. The molecule has 0 aliphatic rings. The molecular weight excluding hydrogens is 422 g/mol. The van der Waals surface area contributed by atoms with Crippen LogP contribution < -0.4 is 10.9 Å². The Labute approximate surface area is 180 Å². The fraction of sp³-hybridized carbons (Fsp3) is 0.250. The average Bonchev–Trinajstić information content (AvgIpc) is 3.38. The third-order valence-electron chi connectivity index (χ3n) is 4.53. The number of benzene rings is 1.